The third kappa shape index (κ3) is 2.63. The van der Waals surface area contributed by atoms with Gasteiger partial charge in [0.05, 0.1) is 23.3 Å². The zero-order valence-electron chi connectivity index (χ0n) is 17.2. The first-order valence-electron chi connectivity index (χ1n) is 9.87. The minimum Gasteiger partial charge on any atom is -0.508 e. The highest BCUT2D eigenvalue weighted by Gasteiger charge is 2.63. The van der Waals surface area contributed by atoms with Crippen LogP contribution in [0, 0.1) is 11.8 Å². The first-order valence-corrected chi connectivity index (χ1v) is 9.87. The highest BCUT2D eigenvalue weighted by atomic mass is 16.3. The lowest BCUT2D eigenvalue weighted by molar-refractivity contribution is -0.142. The fourth-order valence-electron chi connectivity index (χ4n) is 5.46. The van der Waals surface area contributed by atoms with Crippen molar-refractivity contribution in [1.29, 1.82) is 0 Å². The molecule has 1 aromatic rings. The summed E-state index contributed by atoms with van der Waals surface area (Å²) < 4.78 is 0. The molecule has 3 aliphatic carbocycles. The topological polar surface area (TPSA) is 161 Å². The van der Waals surface area contributed by atoms with E-state index in [4.69, 9.17) is 5.73 Å². The monoisotopic (exact) mass is 428 g/mol. The number of hydrogen-bond donors (Lipinski definition) is 5. The molecule has 0 spiro atoms. The van der Waals surface area contributed by atoms with Crippen molar-refractivity contribution >= 4 is 17.5 Å². The number of aromatic hydroxyl groups is 1. The molecule has 164 valence electrons. The van der Waals surface area contributed by atoms with Crippen LogP contribution in [0.15, 0.2) is 41.2 Å². The van der Waals surface area contributed by atoms with Gasteiger partial charge in [0, 0.05) is 17.4 Å². The normalized spacial score (nSPS) is 34.8. The molecule has 31 heavy (non-hydrogen) atoms. The van der Waals surface area contributed by atoms with Crippen LogP contribution in [0.25, 0.3) is 0 Å². The Morgan fingerprint density at radius 1 is 1.19 bits per heavy atom. The van der Waals surface area contributed by atoms with Crippen LogP contribution in [0.3, 0.4) is 0 Å². The van der Waals surface area contributed by atoms with E-state index in [-0.39, 0.29) is 16.9 Å². The van der Waals surface area contributed by atoms with Gasteiger partial charge in [0.2, 0.25) is 0 Å². The van der Waals surface area contributed by atoms with Crippen molar-refractivity contribution < 1.29 is 34.8 Å². The molecule has 0 aromatic heterocycles. The van der Waals surface area contributed by atoms with Gasteiger partial charge in [-0.2, -0.15) is 0 Å². The number of Topliss-reactive ketones (excluding diaryl/α,β-unsaturated/α-hetero) is 2. The zero-order valence-corrected chi connectivity index (χ0v) is 17.2. The summed E-state index contributed by atoms with van der Waals surface area (Å²) in [4.78, 5) is 39.6. The summed E-state index contributed by atoms with van der Waals surface area (Å²) in [6.45, 7) is 1.73. The molecule has 0 aliphatic heterocycles. The third-order valence-corrected chi connectivity index (χ3v) is 6.85. The highest BCUT2D eigenvalue weighted by Crippen LogP contribution is 2.54. The number of likely N-dealkylation sites (N-methyl/N-ethyl adjacent to an activating group) is 1. The first-order chi connectivity index (χ1) is 14.4. The van der Waals surface area contributed by atoms with E-state index in [0.717, 1.165) is 6.08 Å². The molecule has 0 radical (unpaired) electrons. The standard InChI is InChI=1S/C22H24N2O7/c1-8-9-5-4-6-11(25)13(9)18(27)14-12(8)19(28)15-16(24(2)3)17(26)10(21(23)30)7-22(15,31)20(14)29/h4-8,12,15-16,19,25,28-29,31H,1-3H3,(H2,23,30)/t8-,12+,15+,16-,19-,22-/m0/s1. The molecule has 6 atom stereocenters. The Kier molecular flexibility index (Phi) is 4.62. The van der Waals surface area contributed by atoms with Crippen molar-refractivity contribution in [2.75, 3.05) is 14.1 Å². The van der Waals surface area contributed by atoms with E-state index in [2.05, 4.69) is 0 Å². The summed E-state index contributed by atoms with van der Waals surface area (Å²) in [5.41, 5.74) is 2.66. The summed E-state index contributed by atoms with van der Waals surface area (Å²) in [7, 11) is 3.08. The van der Waals surface area contributed by atoms with E-state index in [0.29, 0.717) is 5.56 Å². The van der Waals surface area contributed by atoms with Gasteiger partial charge in [-0.3, -0.25) is 19.3 Å². The molecule has 0 saturated carbocycles. The van der Waals surface area contributed by atoms with Gasteiger partial charge >= 0.3 is 0 Å². The lowest BCUT2D eigenvalue weighted by atomic mass is 9.56. The summed E-state index contributed by atoms with van der Waals surface area (Å²) in [5, 5.41) is 44.3. The smallest absolute Gasteiger partial charge is 0.252 e. The first kappa shape index (κ1) is 21.2. The minimum atomic E-state index is -2.38. The van der Waals surface area contributed by atoms with Gasteiger partial charge in [-0.1, -0.05) is 19.1 Å². The second-order valence-corrected chi connectivity index (χ2v) is 8.68. The lowest BCUT2D eigenvalue weighted by Crippen LogP contribution is -2.66. The lowest BCUT2D eigenvalue weighted by Gasteiger charge is -2.53. The second kappa shape index (κ2) is 6.74. The average molecular weight is 428 g/mol. The number of rotatable bonds is 2. The van der Waals surface area contributed by atoms with Crippen molar-refractivity contribution in [2.24, 2.45) is 17.6 Å². The van der Waals surface area contributed by atoms with Crippen LogP contribution in [0.2, 0.25) is 0 Å². The summed E-state index contributed by atoms with van der Waals surface area (Å²) >= 11 is 0. The molecule has 1 amide bonds. The van der Waals surface area contributed by atoms with Crippen LogP contribution in [0.4, 0.5) is 0 Å². The van der Waals surface area contributed by atoms with Crippen LogP contribution in [0.5, 0.6) is 5.75 Å². The fourth-order valence-corrected chi connectivity index (χ4v) is 5.46. The molecule has 3 aliphatic rings. The molecule has 0 fully saturated rings. The minimum absolute atomic E-state index is 0.0165. The highest BCUT2D eigenvalue weighted by molar-refractivity contribution is 6.22. The number of aliphatic hydroxyl groups excluding tert-OH is 2. The van der Waals surface area contributed by atoms with Gasteiger partial charge < -0.3 is 26.2 Å². The molecule has 6 N–H and O–H groups in total. The van der Waals surface area contributed by atoms with Crippen LogP contribution in [-0.4, -0.2) is 74.6 Å². The number of ketones is 2. The maximum Gasteiger partial charge on any atom is 0.252 e. The summed E-state index contributed by atoms with van der Waals surface area (Å²) in [6, 6.07) is 3.39. The Labute approximate surface area is 178 Å². The van der Waals surface area contributed by atoms with Crippen LogP contribution in [-0.2, 0) is 9.59 Å². The zero-order chi connectivity index (χ0) is 23.0. The number of nitrogens with two attached hydrogens (primary N) is 1. The number of benzene rings is 1. The number of aliphatic hydroxyl groups is 3. The third-order valence-electron chi connectivity index (χ3n) is 6.85. The van der Waals surface area contributed by atoms with Crippen molar-refractivity contribution in [3.8, 4) is 5.75 Å². The van der Waals surface area contributed by atoms with E-state index in [9.17, 15) is 34.8 Å². The predicted molar refractivity (Wildman–Crippen MR) is 108 cm³/mol. The van der Waals surface area contributed by atoms with Crippen molar-refractivity contribution in [3.05, 3.63) is 52.3 Å². The molecule has 0 bridgehead atoms. The van der Waals surface area contributed by atoms with Crippen molar-refractivity contribution in [2.45, 2.75) is 30.6 Å². The molecule has 0 heterocycles. The van der Waals surface area contributed by atoms with E-state index >= 15 is 0 Å². The average Bonchev–Trinajstić information content (AvgIpc) is 2.69. The fraction of sp³-hybridized carbons (Fsp3) is 0.409. The van der Waals surface area contributed by atoms with Crippen LogP contribution < -0.4 is 5.73 Å². The quantitative estimate of drug-likeness (QED) is 0.404. The number of nitrogens with zero attached hydrogens (tertiary/aromatic N) is 1. The molecule has 4 rings (SSSR count). The van der Waals surface area contributed by atoms with E-state index < -0.39 is 64.3 Å². The second-order valence-electron chi connectivity index (χ2n) is 8.68. The summed E-state index contributed by atoms with van der Waals surface area (Å²) in [5.74, 6) is -6.26. The van der Waals surface area contributed by atoms with E-state index in [1.54, 1.807) is 33.2 Å². The van der Waals surface area contributed by atoms with Crippen LogP contribution >= 0.6 is 0 Å². The van der Waals surface area contributed by atoms with Crippen molar-refractivity contribution in [1.82, 2.24) is 4.90 Å². The maximum atomic E-state index is 13.3. The number of hydrogen-bond acceptors (Lipinski definition) is 8. The molecule has 0 saturated heterocycles. The Bertz CT molecular complexity index is 1090. The van der Waals surface area contributed by atoms with Gasteiger partial charge in [-0.05, 0) is 37.7 Å². The molecule has 9 heteroatoms. The Hall–Kier alpha value is -3.01. The number of phenols is 1. The van der Waals surface area contributed by atoms with Gasteiger partial charge in [-0.15, -0.1) is 0 Å². The number of amides is 1. The molecular formula is C22H24N2O7. The Morgan fingerprint density at radius 2 is 1.84 bits per heavy atom. The largest absolute Gasteiger partial charge is 0.508 e. The number of phenolic OH excluding ortho intramolecular Hbond substituents is 1. The van der Waals surface area contributed by atoms with Crippen LogP contribution in [0.1, 0.15) is 28.8 Å². The van der Waals surface area contributed by atoms with Gasteiger partial charge in [-0.25, -0.2) is 0 Å². The van der Waals surface area contributed by atoms with Gasteiger partial charge in [0.15, 0.2) is 11.6 Å². The summed E-state index contributed by atoms with van der Waals surface area (Å²) in [6.07, 6.45) is -0.588. The van der Waals surface area contributed by atoms with Crippen molar-refractivity contribution in [3.63, 3.8) is 0 Å². The molecule has 0 unspecified atom stereocenters. The Morgan fingerprint density at radius 3 is 2.42 bits per heavy atom. The number of carbonyl (C=O) groups excluding carboxylic acids is 3. The van der Waals surface area contributed by atoms with E-state index in [1.165, 1.54) is 11.0 Å². The molecule has 1 aromatic carbocycles. The number of fused-ring (bicyclic) bond motifs is 3. The number of carbonyl (C=O) groups is 3. The van der Waals surface area contributed by atoms with Gasteiger partial charge in [0.1, 0.15) is 17.1 Å². The maximum absolute atomic E-state index is 13.3. The predicted octanol–water partition coefficient (Wildman–Crippen LogP) is -0.233. The van der Waals surface area contributed by atoms with E-state index in [1.807, 2.05) is 0 Å². The van der Waals surface area contributed by atoms with Gasteiger partial charge in [0.25, 0.3) is 5.91 Å². The Balaban J connectivity index is 2.04. The SMILES string of the molecule is C[C@H]1c2cccc(O)c2C(=O)C2=C(O)[C@]3(O)C=C(C(N)=O)C(=O)[C@@H](N(C)C)[C@@H]3[C@@H](O)[C@@H]21. The molecular weight excluding hydrogens is 404 g/mol. The molecule has 9 nitrogen and oxygen atoms in total. The number of primary amides is 1.